The van der Waals surface area contributed by atoms with Crippen LogP contribution in [-0.4, -0.2) is 22.7 Å². The van der Waals surface area contributed by atoms with Crippen LogP contribution < -0.4 is 10.1 Å². The lowest BCUT2D eigenvalue weighted by molar-refractivity contribution is -0.116. The Bertz CT molecular complexity index is 605. The van der Waals surface area contributed by atoms with E-state index in [4.69, 9.17) is 4.74 Å². The van der Waals surface area contributed by atoms with E-state index in [1.165, 1.54) is 5.56 Å². The topological polar surface area (TPSA) is 67.0 Å². The lowest BCUT2D eigenvalue weighted by Gasteiger charge is -2.09. The molecule has 0 radical (unpaired) electrons. The number of anilines is 1. The van der Waals surface area contributed by atoms with Crippen LogP contribution in [0.1, 0.15) is 23.1 Å². The number of H-pyrrole nitrogens is 1. The van der Waals surface area contributed by atoms with Crippen LogP contribution in [0.2, 0.25) is 0 Å². The van der Waals surface area contributed by atoms with Crippen LogP contribution in [0, 0.1) is 20.8 Å². The third kappa shape index (κ3) is 3.60. The first-order chi connectivity index (χ1) is 9.56. The standard InChI is InChI=1S/C15H19N3O2/c1-10-4-5-13(11(2)8-10)20-7-6-14(19)17-15-12(3)9-16-18-15/h4-5,8-9H,6-7H2,1-3H3,(H2,16,17,18,19). The maximum Gasteiger partial charge on any atom is 0.228 e. The highest BCUT2D eigenvalue weighted by atomic mass is 16.5. The van der Waals surface area contributed by atoms with Gasteiger partial charge in [0, 0.05) is 5.56 Å². The summed E-state index contributed by atoms with van der Waals surface area (Å²) in [7, 11) is 0. The summed E-state index contributed by atoms with van der Waals surface area (Å²) in [6.45, 7) is 6.27. The van der Waals surface area contributed by atoms with E-state index in [0.717, 1.165) is 16.9 Å². The molecule has 0 saturated heterocycles. The van der Waals surface area contributed by atoms with Crippen molar-refractivity contribution in [3.05, 3.63) is 41.1 Å². The summed E-state index contributed by atoms with van der Waals surface area (Å²) >= 11 is 0. The summed E-state index contributed by atoms with van der Waals surface area (Å²) in [5.74, 6) is 1.37. The lowest BCUT2D eigenvalue weighted by atomic mass is 10.1. The van der Waals surface area contributed by atoms with Gasteiger partial charge in [-0.25, -0.2) is 0 Å². The predicted molar refractivity (Wildman–Crippen MR) is 78.0 cm³/mol. The molecule has 20 heavy (non-hydrogen) atoms. The van der Waals surface area contributed by atoms with Gasteiger partial charge in [0.2, 0.25) is 5.91 Å². The number of nitrogens with zero attached hydrogens (tertiary/aromatic N) is 1. The van der Waals surface area contributed by atoms with E-state index >= 15 is 0 Å². The number of carbonyl (C=O) groups is 1. The van der Waals surface area contributed by atoms with Crippen LogP contribution in [0.25, 0.3) is 0 Å². The molecular weight excluding hydrogens is 254 g/mol. The average molecular weight is 273 g/mol. The first kappa shape index (κ1) is 14.1. The molecule has 1 amide bonds. The highest BCUT2D eigenvalue weighted by Crippen LogP contribution is 2.18. The van der Waals surface area contributed by atoms with Crippen molar-refractivity contribution < 1.29 is 9.53 Å². The number of hydrogen-bond acceptors (Lipinski definition) is 3. The molecule has 0 bridgehead atoms. The zero-order chi connectivity index (χ0) is 14.5. The smallest absolute Gasteiger partial charge is 0.228 e. The summed E-state index contributed by atoms with van der Waals surface area (Å²) in [6, 6.07) is 5.99. The van der Waals surface area contributed by atoms with Crippen molar-refractivity contribution in [3.8, 4) is 5.75 Å². The Labute approximate surface area is 118 Å². The Morgan fingerprint density at radius 2 is 2.10 bits per heavy atom. The molecule has 5 heteroatoms. The third-order valence-corrected chi connectivity index (χ3v) is 3.01. The number of hydrogen-bond donors (Lipinski definition) is 2. The molecule has 0 aliphatic heterocycles. The molecule has 5 nitrogen and oxygen atoms in total. The van der Waals surface area contributed by atoms with E-state index in [1.54, 1.807) is 6.20 Å². The molecule has 0 aliphatic rings. The molecule has 1 aromatic carbocycles. The van der Waals surface area contributed by atoms with Crippen molar-refractivity contribution in [2.24, 2.45) is 0 Å². The van der Waals surface area contributed by atoms with E-state index in [2.05, 4.69) is 21.6 Å². The second kappa shape index (κ2) is 6.23. The average Bonchev–Trinajstić information content (AvgIpc) is 2.78. The SMILES string of the molecule is Cc1ccc(OCCC(=O)Nc2[nH]ncc2C)c(C)c1. The Hall–Kier alpha value is -2.30. The molecular formula is C15H19N3O2. The van der Waals surface area contributed by atoms with Crippen LogP contribution in [0.15, 0.2) is 24.4 Å². The summed E-state index contributed by atoms with van der Waals surface area (Å²) in [4.78, 5) is 11.8. The van der Waals surface area contributed by atoms with E-state index in [1.807, 2.05) is 32.9 Å². The number of carbonyl (C=O) groups excluding carboxylic acids is 1. The van der Waals surface area contributed by atoms with Crippen molar-refractivity contribution in [2.75, 3.05) is 11.9 Å². The molecule has 2 rings (SSSR count). The van der Waals surface area contributed by atoms with Crippen LogP contribution in [0.3, 0.4) is 0 Å². The van der Waals surface area contributed by atoms with Gasteiger partial charge in [0.1, 0.15) is 11.6 Å². The normalized spacial score (nSPS) is 10.3. The number of benzene rings is 1. The minimum Gasteiger partial charge on any atom is -0.493 e. The second-order valence-corrected chi connectivity index (χ2v) is 4.84. The van der Waals surface area contributed by atoms with Crippen LogP contribution in [-0.2, 0) is 4.79 Å². The number of nitrogens with one attached hydrogen (secondary N) is 2. The molecule has 2 N–H and O–H groups in total. The van der Waals surface area contributed by atoms with Crippen molar-refractivity contribution in [2.45, 2.75) is 27.2 Å². The van der Waals surface area contributed by atoms with Gasteiger partial charge < -0.3 is 10.1 Å². The van der Waals surface area contributed by atoms with Crippen molar-refractivity contribution in [1.29, 1.82) is 0 Å². The van der Waals surface area contributed by atoms with E-state index < -0.39 is 0 Å². The van der Waals surface area contributed by atoms with E-state index in [0.29, 0.717) is 18.8 Å². The molecule has 1 aromatic heterocycles. The number of rotatable bonds is 5. The van der Waals surface area contributed by atoms with Crippen molar-refractivity contribution >= 4 is 11.7 Å². The molecule has 0 atom stereocenters. The Balaban J connectivity index is 1.81. The summed E-state index contributed by atoms with van der Waals surface area (Å²) in [5, 5.41) is 9.35. The van der Waals surface area contributed by atoms with Gasteiger partial charge in [0.25, 0.3) is 0 Å². The second-order valence-electron chi connectivity index (χ2n) is 4.84. The molecule has 106 valence electrons. The highest BCUT2D eigenvalue weighted by molar-refractivity contribution is 5.90. The Kier molecular flexibility index (Phi) is 4.40. The van der Waals surface area contributed by atoms with Crippen molar-refractivity contribution in [1.82, 2.24) is 10.2 Å². The third-order valence-electron chi connectivity index (χ3n) is 3.01. The molecule has 0 spiro atoms. The molecule has 0 saturated carbocycles. The van der Waals surface area contributed by atoms with Gasteiger partial charge >= 0.3 is 0 Å². The fourth-order valence-corrected chi connectivity index (χ4v) is 1.89. The van der Waals surface area contributed by atoms with Gasteiger partial charge in [-0.2, -0.15) is 5.10 Å². The molecule has 0 aliphatic carbocycles. The van der Waals surface area contributed by atoms with Crippen LogP contribution in [0.4, 0.5) is 5.82 Å². The van der Waals surface area contributed by atoms with Crippen molar-refractivity contribution in [3.63, 3.8) is 0 Å². The van der Waals surface area contributed by atoms with Gasteiger partial charge in [-0.05, 0) is 32.4 Å². The summed E-state index contributed by atoms with van der Waals surface area (Å²) in [5.41, 5.74) is 3.19. The number of ether oxygens (including phenoxy) is 1. The molecule has 0 unspecified atom stereocenters. The van der Waals surface area contributed by atoms with Crippen LogP contribution >= 0.6 is 0 Å². The van der Waals surface area contributed by atoms with Gasteiger partial charge in [-0.15, -0.1) is 0 Å². The minimum atomic E-state index is -0.0953. The molecule has 2 aromatic rings. The number of amides is 1. The summed E-state index contributed by atoms with van der Waals surface area (Å²) < 4.78 is 5.63. The van der Waals surface area contributed by atoms with Gasteiger partial charge in [0.05, 0.1) is 19.2 Å². The van der Waals surface area contributed by atoms with Gasteiger partial charge in [-0.1, -0.05) is 17.7 Å². The maximum atomic E-state index is 11.8. The summed E-state index contributed by atoms with van der Waals surface area (Å²) in [6.07, 6.45) is 1.97. The monoisotopic (exact) mass is 273 g/mol. The first-order valence-corrected chi connectivity index (χ1v) is 6.56. The van der Waals surface area contributed by atoms with Gasteiger partial charge in [0.15, 0.2) is 0 Å². The zero-order valence-corrected chi connectivity index (χ0v) is 12.0. The van der Waals surface area contributed by atoms with Crippen LogP contribution in [0.5, 0.6) is 5.75 Å². The van der Waals surface area contributed by atoms with E-state index in [-0.39, 0.29) is 5.91 Å². The Morgan fingerprint density at radius 1 is 1.30 bits per heavy atom. The predicted octanol–water partition coefficient (Wildman–Crippen LogP) is 2.74. The highest BCUT2D eigenvalue weighted by Gasteiger charge is 2.07. The number of aryl methyl sites for hydroxylation is 3. The first-order valence-electron chi connectivity index (χ1n) is 6.56. The molecule has 0 fully saturated rings. The quantitative estimate of drug-likeness (QED) is 0.880. The minimum absolute atomic E-state index is 0.0953. The number of aromatic amines is 1. The Morgan fingerprint density at radius 3 is 2.75 bits per heavy atom. The number of aromatic nitrogens is 2. The fourth-order valence-electron chi connectivity index (χ4n) is 1.89. The fraction of sp³-hybridized carbons (Fsp3) is 0.333. The lowest BCUT2D eigenvalue weighted by Crippen LogP contribution is -2.16. The van der Waals surface area contributed by atoms with Gasteiger partial charge in [-0.3, -0.25) is 9.89 Å². The molecule has 1 heterocycles. The maximum absolute atomic E-state index is 11.8. The van der Waals surface area contributed by atoms with E-state index in [9.17, 15) is 4.79 Å². The zero-order valence-electron chi connectivity index (χ0n) is 12.0. The largest absolute Gasteiger partial charge is 0.493 e.